The fraction of sp³-hybridized carbons (Fsp3) is 0.462. The standard InChI is InChI=1S/C13H19NO3S/c1-3-17-13(15)11(14)9-18-8-10-6-4-5-7-12(10)16-2/h4-7,11H,3,8-9,14H2,1-2H3. The zero-order chi connectivity index (χ0) is 13.4. The minimum absolute atomic E-state index is 0.343. The fourth-order valence-electron chi connectivity index (χ4n) is 1.44. The SMILES string of the molecule is CCOC(=O)C(N)CSCc1ccccc1OC. The summed E-state index contributed by atoms with van der Waals surface area (Å²) in [6, 6.07) is 7.24. The molecule has 18 heavy (non-hydrogen) atoms. The van der Waals surface area contributed by atoms with Crippen molar-refractivity contribution in [3.05, 3.63) is 29.8 Å². The first kappa shape index (κ1) is 14.9. The van der Waals surface area contributed by atoms with Crippen molar-refractivity contribution in [1.29, 1.82) is 0 Å². The Labute approximate surface area is 112 Å². The van der Waals surface area contributed by atoms with Crippen LogP contribution in [0.5, 0.6) is 5.75 Å². The summed E-state index contributed by atoms with van der Waals surface area (Å²) < 4.78 is 10.1. The van der Waals surface area contributed by atoms with Gasteiger partial charge in [-0.3, -0.25) is 4.79 Å². The highest BCUT2D eigenvalue weighted by atomic mass is 32.2. The molecule has 0 saturated carbocycles. The Morgan fingerprint density at radius 2 is 2.17 bits per heavy atom. The number of thioether (sulfide) groups is 1. The van der Waals surface area contributed by atoms with Gasteiger partial charge in [0.15, 0.2) is 0 Å². The quantitative estimate of drug-likeness (QED) is 0.765. The third-order valence-corrected chi connectivity index (χ3v) is 3.45. The molecule has 0 radical (unpaired) electrons. The molecule has 0 spiro atoms. The summed E-state index contributed by atoms with van der Waals surface area (Å²) in [5.41, 5.74) is 6.81. The highest BCUT2D eigenvalue weighted by molar-refractivity contribution is 7.98. The molecular weight excluding hydrogens is 250 g/mol. The molecule has 1 aromatic rings. The molecule has 1 aromatic carbocycles. The summed E-state index contributed by atoms with van der Waals surface area (Å²) in [4.78, 5) is 11.3. The lowest BCUT2D eigenvalue weighted by molar-refractivity contribution is -0.144. The number of nitrogens with two attached hydrogens (primary N) is 1. The van der Waals surface area contributed by atoms with Crippen molar-refractivity contribution in [2.24, 2.45) is 5.73 Å². The molecule has 2 N–H and O–H groups in total. The molecule has 0 saturated heterocycles. The zero-order valence-electron chi connectivity index (χ0n) is 10.7. The van der Waals surface area contributed by atoms with Gasteiger partial charge in [0, 0.05) is 17.1 Å². The number of para-hydroxylation sites is 1. The van der Waals surface area contributed by atoms with Crippen LogP contribution in [-0.4, -0.2) is 31.5 Å². The van der Waals surface area contributed by atoms with Crippen LogP contribution in [0.2, 0.25) is 0 Å². The predicted molar refractivity (Wildman–Crippen MR) is 73.8 cm³/mol. The summed E-state index contributed by atoms with van der Waals surface area (Å²) in [5, 5.41) is 0. The zero-order valence-corrected chi connectivity index (χ0v) is 11.5. The second kappa shape index (κ2) is 8.00. The minimum Gasteiger partial charge on any atom is -0.496 e. The average Bonchev–Trinajstić information content (AvgIpc) is 2.39. The van der Waals surface area contributed by atoms with Crippen molar-refractivity contribution in [3.8, 4) is 5.75 Å². The Morgan fingerprint density at radius 3 is 2.83 bits per heavy atom. The van der Waals surface area contributed by atoms with Gasteiger partial charge in [-0.15, -0.1) is 0 Å². The van der Waals surface area contributed by atoms with Gasteiger partial charge in [-0.2, -0.15) is 11.8 Å². The van der Waals surface area contributed by atoms with E-state index >= 15 is 0 Å². The van der Waals surface area contributed by atoms with E-state index in [9.17, 15) is 4.79 Å². The van der Waals surface area contributed by atoms with Gasteiger partial charge in [0.2, 0.25) is 0 Å². The molecule has 1 atom stereocenters. The maximum atomic E-state index is 11.3. The lowest BCUT2D eigenvalue weighted by Gasteiger charge is -2.11. The summed E-state index contributed by atoms with van der Waals surface area (Å²) in [7, 11) is 1.65. The van der Waals surface area contributed by atoms with E-state index in [2.05, 4.69) is 0 Å². The Bertz CT molecular complexity index is 384. The topological polar surface area (TPSA) is 61.5 Å². The lowest BCUT2D eigenvalue weighted by Crippen LogP contribution is -2.34. The molecular formula is C13H19NO3S. The van der Waals surface area contributed by atoms with E-state index in [0.29, 0.717) is 12.4 Å². The van der Waals surface area contributed by atoms with Gasteiger partial charge in [0.05, 0.1) is 13.7 Å². The second-order valence-electron chi connectivity index (χ2n) is 3.69. The van der Waals surface area contributed by atoms with Crippen molar-refractivity contribution in [2.45, 2.75) is 18.7 Å². The summed E-state index contributed by atoms with van der Waals surface area (Å²) in [6.45, 7) is 2.14. The van der Waals surface area contributed by atoms with Crippen molar-refractivity contribution in [2.75, 3.05) is 19.5 Å². The molecule has 0 aromatic heterocycles. The van der Waals surface area contributed by atoms with Gasteiger partial charge in [-0.05, 0) is 13.0 Å². The summed E-state index contributed by atoms with van der Waals surface area (Å²) in [6.07, 6.45) is 0. The Balaban J connectivity index is 2.39. The largest absolute Gasteiger partial charge is 0.496 e. The monoisotopic (exact) mass is 269 g/mol. The van der Waals surface area contributed by atoms with Gasteiger partial charge >= 0.3 is 5.97 Å². The maximum Gasteiger partial charge on any atom is 0.323 e. The number of esters is 1. The van der Waals surface area contributed by atoms with Crippen molar-refractivity contribution in [1.82, 2.24) is 0 Å². The number of rotatable bonds is 7. The Kier molecular flexibility index (Phi) is 6.60. The predicted octanol–water partition coefficient (Wildman–Crippen LogP) is 1.82. The van der Waals surface area contributed by atoms with Crippen LogP contribution in [0.25, 0.3) is 0 Å². The van der Waals surface area contributed by atoms with Crippen LogP contribution in [0, 0.1) is 0 Å². The first-order chi connectivity index (χ1) is 8.69. The number of methoxy groups -OCH3 is 1. The number of ether oxygens (including phenoxy) is 2. The van der Waals surface area contributed by atoms with Crippen LogP contribution >= 0.6 is 11.8 Å². The van der Waals surface area contributed by atoms with Crippen molar-refractivity contribution in [3.63, 3.8) is 0 Å². The van der Waals surface area contributed by atoms with E-state index in [4.69, 9.17) is 15.2 Å². The number of carbonyl (C=O) groups is 1. The lowest BCUT2D eigenvalue weighted by atomic mass is 10.2. The number of carbonyl (C=O) groups excluding carboxylic acids is 1. The minimum atomic E-state index is -0.565. The van der Waals surface area contributed by atoms with E-state index < -0.39 is 6.04 Å². The molecule has 0 amide bonds. The fourth-order valence-corrected chi connectivity index (χ4v) is 2.40. The smallest absolute Gasteiger partial charge is 0.323 e. The van der Waals surface area contributed by atoms with Crippen LogP contribution < -0.4 is 10.5 Å². The van der Waals surface area contributed by atoms with Gasteiger partial charge < -0.3 is 15.2 Å². The molecule has 0 aliphatic rings. The van der Waals surface area contributed by atoms with Gasteiger partial charge in [0.25, 0.3) is 0 Å². The van der Waals surface area contributed by atoms with E-state index in [1.807, 2.05) is 24.3 Å². The van der Waals surface area contributed by atoms with Crippen LogP contribution in [0.1, 0.15) is 12.5 Å². The van der Waals surface area contributed by atoms with E-state index in [1.165, 1.54) is 0 Å². The number of hydrogen-bond acceptors (Lipinski definition) is 5. The molecule has 0 heterocycles. The molecule has 0 fully saturated rings. The molecule has 100 valence electrons. The van der Waals surface area contributed by atoms with E-state index in [0.717, 1.165) is 17.1 Å². The van der Waals surface area contributed by atoms with Crippen molar-refractivity contribution >= 4 is 17.7 Å². The molecule has 0 bridgehead atoms. The number of benzene rings is 1. The normalized spacial score (nSPS) is 11.9. The van der Waals surface area contributed by atoms with Crippen LogP contribution in [0.3, 0.4) is 0 Å². The van der Waals surface area contributed by atoms with E-state index in [1.54, 1.807) is 25.8 Å². The Hall–Kier alpha value is -1.20. The average molecular weight is 269 g/mol. The molecule has 1 unspecified atom stereocenters. The van der Waals surface area contributed by atoms with Gasteiger partial charge in [-0.25, -0.2) is 0 Å². The van der Waals surface area contributed by atoms with E-state index in [-0.39, 0.29) is 5.97 Å². The van der Waals surface area contributed by atoms with Gasteiger partial charge in [-0.1, -0.05) is 18.2 Å². The van der Waals surface area contributed by atoms with Crippen LogP contribution in [-0.2, 0) is 15.3 Å². The first-order valence-electron chi connectivity index (χ1n) is 5.80. The molecule has 4 nitrogen and oxygen atoms in total. The van der Waals surface area contributed by atoms with Crippen molar-refractivity contribution < 1.29 is 14.3 Å². The third-order valence-electron chi connectivity index (χ3n) is 2.34. The second-order valence-corrected chi connectivity index (χ2v) is 4.72. The van der Waals surface area contributed by atoms with Crippen LogP contribution in [0.4, 0.5) is 0 Å². The summed E-state index contributed by atoms with van der Waals surface area (Å²) >= 11 is 1.59. The molecule has 0 aliphatic heterocycles. The molecule has 5 heteroatoms. The van der Waals surface area contributed by atoms with Gasteiger partial charge in [0.1, 0.15) is 11.8 Å². The third kappa shape index (κ3) is 4.58. The van der Waals surface area contributed by atoms with Crippen LogP contribution in [0.15, 0.2) is 24.3 Å². The first-order valence-corrected chi connectivity index (χ1v) is 6.96. The Morgan fingerprint density at radius 1 is 1.44 bits per heavy atom. The molecule has 1 rings (SSSR count). The number of hydrogen-bond donors (Lipinski definition) is 1. The highest BCUT2D eigenvalue weighted by Gasteiger charge is 2.14. The summed E-state index contributed by atoms with van der Waals surface area (Å²) in [5.74, 6) is 1.81. The highest BCUT2D eigenvalue weighted by Crippen LogP contribution is 2.22. The maximum absolute atomic E-state index is 11.3. The molecule has 0 aliphatic carbocycles.